The highest BCUT2D eigenvalue weighted by Gasteiger charge is 2.42. The van der Waals surface area contributed by atoms with E-state index in [4.69, 9.17) is 79.6 Å². The van der Waals surface area contributed by atoms with Crippen LogP contribution in [0.3, 0.4) is 0 Å². The summed E-state index contributed by atoms with van der Waals surface area (Å²) < 4.78 is 41.7. The number of aromatic hydroxyl groups is 1. The second kappa shape index (κ2) is 27.4. The van der Waals surface area contributed by atoms with E-state index in [9.17, 15) is 14.7 Å². The Hall–Kier alpha value is -6.72. The molecule has 0 spiro atoms. The van der Waals surface area contributed by atoms with Crippen LogP contribution in [-0.4, -0.2) is 124 Å². The maximum Gasteiger partial charge on any atom is 0.246 e. The Kier molecular flexibility index (Phi) is 19.9. The topological polar surface area (TPSA) is 132 Å². The number of phenols is 1. The summed E-state index contributed by atoms with van der Waals surface area (Å²) in [7, 11) is 0. The molecule has 14 nitrogen and oxygen atoms in total. The minimum atomic E-state index is -0.954. The average Bonchev–Trinajstić information content (AvgIpc) is 4.32. The molecule has 0 radical (unpaired) electrons. The molecule has 6 aromatic carbocycles. The van der Waals surface area contributed by atoms with Crippen molar-refractivity contribution in [2.75, 3.05) is 95.2 Å². The van der Waals surface area contributed by atoms with Gasteiger partial charge in [-0.05, 0) is 134 Å². The van der Waals surface area contributed by atoms with Crippen molar-refractivity contribution in [2.45, 2.75) is 37.6 Å². The number of benzene rings is 6. The number of hydrogen-bond donors (Lipinski definition) is 1. The van der Waals surface area contributed by atoms with Crippen molar-refractivity contribution in [1.82, 2.24) is 9.80 Å². The molecule has 4 heterocycles. The Morgan fingerprint density at radius 3 is 1.33 bits per heavy atom. The Balaban J connectivity index is 0.000000196. The molecule has 2 amide bonds. The van der Waals surface area contributed by atoms with Gasteiger partial charge >= 0.3 is 0 Å². The van der Waals surface area contributed by atoms with Gasteiger partial charge in [0.05, 0.1) is 23.3 Å². The zero-order chi connectivity index (χ0) is 56.9. The third-order valence-electron chi connectivity index (χ3n) is 14.1. The number of nitrogens with zero attached hydrogens (tertiary/aromatic N) is 4. The van der Waals surface area contributed by atoms with Gasteiger partial charge in [0.25, 0.3) is 0 Å². The lowest BCUT2D eigenvalue weighted by Crippen LogP contribution is -2.48. The lowest BCUT2D eigenvalue weighted by atomic mass is 10.1. The largest absolute Gasteiger partial charge is 0.508 e. The molecule has 18 heteroatoms. The fourth-order valence-corrected chi connectivity index (χ4v) is 10.8. The monoisotopic (exact) mass is 1180 g/mol. The van der Waals surface area contributed by atoms with Crippen molar-refractivity contribution < 1.29 is 47.9 Å². The summed E-state index contributed by atoms with van der Waals surface area (Å²) in [6.45, 7) is 14.9. The van der Waals surface area contributed by atoms with Crippen LogP contribution in [0.2, 0.25) is 20.1 Å². The van der Waals surface area contributed by atoms with E-state index in [2.05, 4.69) is 16.4 Å². The molecule has 4 fully saturated rings. The predicted molar refractivity (Wildman–Crippen MR) is 319 cm³/mol. The summed E-state index contributed by atoms with van der Waals surface area (Å²) in [5.74, 6) is 0.561. The van der Waals surface area contributed by atoms with Gasteiger partial charge in [0.15, 0.2) is 11.6 Å². The van der Waals surface area contributed by atoms with Crippen LogP contribution in [0.15, 0.2) is 158 Å². The van der Waals surface area contributed by atoms with Gasteiger partial charge in [0.1, 0.15) is 55.0 Å². The number of carbonyl (C=O) groups excluding carboxylic acids is 2. The van der Waals surface area contributed by atoms with E-state index in [0.717, 1.165) is 77.1 Å². The molecule has 0 bridgehead atoms. The van der Waals surface area contributed by atoms with Crippen molar-refractivity contribution in [1.29, 1.82) is 0 Å². The summed E-state index contributed by atoms with van der Waals surface area (Å²) in [5, 5.41) is 11.5. The zero-order valence-electron chi connectivity index (χ0n) is 45.1. The Morgan fingerprint density at radius 1 is 0.556 bits per heavy atom. The molecule has 0 unspecified atom stereocenters. The molecular weight excluding hydrogens is 1110 g/mol. The van der Waals surface area contributed by atoms with Gasteiger partial charge in [-0.1, -0.05) is 95.5 Å². The van der Waals surface area contributed by atoms with Gasteiger partial charge in [-0.2, -0.15) is 0 Å². The van der Waals surface area contributed by atoms with Crippen molar-refractivity contribution >= 4 is 81.7 Å². The van der Waals surface area contributed by atoms with Gasteiger partial charge in [-0.15, -0.1) is 0 Å². The van der Waals surface area contributed by atoms with Crippen LogP contribution >= 0.6 is 46.4 Å². The number of anilines is 2. The number of phenolic OH excluding ortho intramolecular Hbond substituents is 1. The van der Waals surface area contributed by atoms with Gasteiger partial charge in [-0.3, -0.25) is 9.59 Å². The molecule has 6 aromatic rings. The van der Waals surface area contributed by atoms with Crippen molar-refractivity contribution in [2.24, 2.45) is 0 Å². The third kappa shape index (κ3) is 15.8. The second-order valence-corrected chi connectivity index (χ2v) is 21.6. The van der Waals surface area contributed by atoms with Gasteiger partial charge in [-0.25, -0.2) is 0 Å². The minimum Gasteiger partial charge on any atom is -0.508 e. The molecule has 4 saturated heterocycles. The molecule has 0 aliphatic carbocycles. The maximum absolute atomic E-state index is 12.7. The molecule has 1 N–H and O–H groups in total. The fraction of sp³-hybridized carbons (Fsp3) is 0.302. The summed E-state index contributed by atoms with van der Waals surface area (Å²) in [4.78, 5) is 33.6. The van der Waals surface area contributed by atoms with Gasteiger partial charge in [0.2, 0.25) is 11.8 Å². The smallest absolute Gasteiger partial charge is 0.246 e. The highest BCUT2D eigenvalue weighted by Crippen LogP contribution is 2.40. The zero-order valence-corrected chi connectivity index (χ0v) is 48.1. The molecule has 81 heavy (non-hydrogen) atoms. The number of carbonyl (C=O) groups is 2. The number of rotatable bonds is 17. The molecule has 4 aliphatic rings. The first-order valence-corrected chi connectivity index (χ1v) is 28.2. The van der Waals surface area contributed by atoms with Crippen LogP contribution in [0, 0.1) is 0 Å². The second-order valence-electron chi connectivity index (χ2n) is 19.9. The van der Waals surface area contributed by atoms with Gasteiger partial charge < -0.3 is 57.9 Å². The molecule has 4 atom stereocenters. The number of halogens is 4. The normalized spacial score (nSPS) is 21.0. The Bertz CT molecular complexity index is 3150. The fourth-order valence-electron chi connectivity index (χ4n) is 9.65. The molecule has 0 aromatic heterocycles. The van der Waals surface area contributed by atoms with E-state index < -0.39 is 11.6 Å². The van der Waals surface area contributed by atoms with E-state index in [1.165, 1.54) is 0 Å². The van der Waals surface area contributed by atoms with E-state index in [1.807, 2.05) is 115 Å². The average molecular weight is 1180 g/mol. The number of hydrogen-bond acceptors (Lipinski definition) is 12. The SMILES string of the molecule is C=CCOc1ccc(/C=C/C(=O)N2CCN(c3ccc(OC[C@@H]4CO[C@](C)(c5ccc(Cl)cc5Cl)O4)cc3)CC2)cc1.C[C@]1(c2ccc(Cl)cc2Cl)OC[C@@H](COc2ccc(N3CCN(C(=O)/C=C/c4ccc(O)cc4)CC3)cc2)O1. The highest BCUT2D eigenvalue weighted by molar-refractivity contribution is 6.35. The lowest BCUT2D eigenvalue weighted by Gasteiger charge is -2.35. The third-order valence-corrected chi connectivity index (χ3v) is 15.2. The number of amides is 2. The van der Waals surface area contributed by atoms with E-state index >= 15 is 0 Å². The first-order chi connectivity index (χ1) is 39.1. The predicted octanol–water partition coefficient (Wildman–Crippen LogP) is 12.3. The number of ether oxygens (including phenoxy) is 7. The number of piperazine rings is 2. The quantitative estimate of drug-likeness (QED) is 0.0689. The molecule has 0 saturated carbocycles. The van der Waals surface area contributed by atoms with Crippen LogP contribution in [0.5, 0.6) is 23.0 Å². The van der Waals surface area contributed by atoms with Crippen LogP contribution < -0.4 is 24.0 Å². The van der Waals surface area contributed by atoms with Crippen LogP contribution in [0.25, 0.3) is 12.2 Å². The van der Waals surface area contributed by atoms with Crippen molar-refractivity contribution in [3.8, 4) is 23.0 Å². The van der Waals surface area contributed by atoms with Gasteiger partial charge in [0, 0.05) is 97.1 Å². The highest BCUT2D eigenvalue weighted by atomic mass is 35.5. The summed E-state index contributed by atoms with van der Waals surface area (Å²) in [6, 6.07) is 40.8. The Morgan fingerprint density at radius 2 is 0.938 bits per heavy atom. The maximum atomic E-state index is 12.7. The molecule has 4 aliphatic heterocycles. The van der Waals surface area contributed by atoms with Crippen LogP contribution in [0.1, 0.15) is 36.1 Å². The first kappa shape index (κ1) is 58.9. The Labute approximate surface area is 493 Å². The van der Waals surface area contributed by atoms with E-state index in [-0.39, 0.29) is 29.8 Å². The summed E-state index contributed by atoms with van der Waals surface area (Å²) in [5.41, 5.74) is 5.46. The van der Waals surface area contributed by atoms with Crippen molar-refractivity contribution in [3.05, 3.63) is 201 Å². The van der Waals surface area contributed by atoms with E-state index in [0.29, 0.717) is 79.3 Å². The van der Waals surface area contributed by atoms with Crippen LogP contribution in [0.4, 0.5) is 11.4 Å². The van der Waals surface area contributed by atoms with Crippen molar-refractivity contribution in [3.63, 3.8) is 0 Å². The van der Waals surface area contributed by atoms with E-state index in [1.54, 1.807) is 72.8 Å². The summed E-state index contributed by atoms with van der Waals surface area (Å²) >= 11 is 24.8. The standard InChI is InChI=1S/C33H34Cl2N2O5.C30H30Cl2N2O5/c1-3-20-39-27-10-4-24(5-11-27)6-15-32(38)37-18-16-36(17-19-37)26-8-12-28(13-9-26)40-22-29-23-41-33(2,42-29)30-14-7-25(34)21-31(30)35;1-30(27-12-5-22(31)18-28(27)32)38-20-26(39-30)19-37-25-10-6-23(7-11-25)33-14-16-34(17-15-33)29(36)13-4-21-2-8-24(35)9-3-21/h3-15,21,29H,1,16-20,22-23H2,2H3;2-13,18,26,35H,14-17,19-20H2,1H3/b15-6+;13-4+/t29-,33+;26-,30+/m11/s1. The summed E-state index contributed by atoms with van der Waals surface area (Å²) in [6.07, 6.45) is 8.04. The first-order valence-electron chi connectivity index (χ1n) is 26.7. The lowest BCUT2D eigenvalue weighted by molar-refractivity contribution is -0.164. The minimum absolute atomic E-state index is 0.0120. The molecular formula is C63H64Cl4N4O10. The van der Waals surface area contributed by atoms with Crippen LogP contribution in [-0.2, 0) is 40.1 Å². The molecule has 10 rings (SSSR count). The molecule has 424 valence electrons.